The van der Waals surface area contributed by atoms with Gasteiger partial charge < -0.3 is 10.5 Å². The standard InChI is InChI=1S/C26H21NO3S/c1-17-9-5-7-13-20(17)23-22-16-15-18-10-6-8-14-21(18)24(22)30-26(27)25(23)31(28,29)19-11-3-2-4-12-19/h2-16,23H,27H2,1H3. The molecular weight excluding hydrogens is 406 g/mol. The van der Waals surface area contributed by atoms with Crippen molar-refractivity contribution in [2.45, 2.75) is 17.7 Å². The summed E-state index contributed by atoms with van der Waals surface area (Å²) in [4.78, 5) is 0.273. The van der Waals surface area contributed by atoms with Gasteiger partial charge in [0.15, 0.2) is 0 Å². The van der Waals surface area contributed by atoms with Crippen LogP contribution in [0.3, 0.4) is 0 Å². The Morgan fingerprint density at radius 1 is 0.774 bits per heavy atom. The molecule has 0 aliphatic carbocycles. The van der Waals surface area contributed by atoms with Gasteiger partial charge in [0, 0.05) is 10.9 Å². The number of hydrogen-bond donors (Lipinski definition) is 1. The van der Waals surface area contributed by atoms with E-state index < -0.39 is 15.8 Å². The lowest BCUT2D eigenvalue weighted by Gasteiger charge is -2.31. The lowest BCUT2D eigenvalue weighted by Crippen LogP contribution is -2.27. The van der Waals surface area contributed by atoms with Crippen molar-refractivity contribution >= 4 is 20.6 Å². The summed E-state index contributed by atoms with van der Waals surface area (Å²) in [5.41, 5.74) is 9.03. The van der Waals surface area contributed by atoms with Gasteiger partial charge in [0.1, 0.15) is 10.7 Å². The van der Waals surface area contributed by atoms with Gasteiger partial charge in [0.25, 0.3) is 0 Å². The van der Waals surface area contributed by atoms with Gasteiger partial charge in [-0.05, 0) is 35.6 Å². The topological polar surface area (TPSA) is 69.4 Å². The van der Waals surface area contributed by atoms with E-state index >= 15 is 0 Å². The number of hydrogen-bond acceptors (Lipinski definition) is 4. The summed E-state index contributed by atoms with van der Waals surface area (Å²) >= 11 is 0. The minimum absolute atomic E-state index is 0.0794. The highest BCUT2D eigenvalue weighted by Crippen LogP contribution is 2.48. The number of benzene rings is 4. The summed E-state index contributed by atoms with van der Waals surface area (Å²) in [5.74, 6) is -0.0448. The zero-order valence-electron chi connectivity index (χ0n) is 16.9. The zero-order valence-corrected chi connectivity index (χ0v) is 17.8. The molecule has 0 fully saturated rings. The highest BCUT2D eigenvalue weighted by Gasteiger charge is 2.39. The summed E-state index contributed by atoms with van der Waals surface area (Å²) in [5, 5.41) is 1.91. The Bertz CT molecular complexity index is 1440. The van der Waals surface area contributed by atoms with E-state index in [2.05, 4.69) is 0 Å². The lowest BCUT2D eigenvalue weighted by atomic mass is 9.85. The molecular formula is C26H21NO3S. The molecule has 0 amide bonds. The predicted octanol–water partition coefficient (Wildman–Crippen LogP) is 5.27. The Kier molecular flexibility index (Phi) is 4.56. The molecule has 0 aromatic heterocycles. The van der Waals surface area contributed by atoms with Crippen LogP contribution in [0.4, 0.5) is 0 Å². The molecule has 1 aliphatic heterocycles. The molecule has 2 N–H and O–H groups in total. The molecule has 4 aromatic rings. The molecule has 1 atom stereocenters. The van der Waals surface area contributed by atoms with Gasteiger partial charge in [0.05, 0.1) is 10.8 Å². The van der Waals surface area contributed by atoms with Crippen molar-refractivity contribution in [3.63, 3.8) is 0 Å². The number of fused-ring (bicyclic) bond motifs is 3. The van der Waals surface area contributed by atoms with Gasteiger partial charge in [0.2, 0.25) is 15.7 Å². The number of nitrogens with two attached hydrogens (primary N) is 1. The molecule has 4 nitrogen and oxygen atoms in total. The molecule has 0 spiro atoms. The maximum atomic E-state index is 13.7. The van der Waals surface area contributed by atoms with Crippen LogP contribution in [0.25, 0.3) is 10.8 Å². The van der Waals surface area contributed by atoms with Crippen molar-refractivity contribution in [1.29, 1.82) is 0 Å². The number of aryl methyl sites for hydroxylation is 1. The third-order valence-corrected chi connectivity index (χ3v) is 7.69. The second-order valence-electron chi connectivity index (χ2n) is 7.64. The van der Waals surface area contributed by atoms with Gasteiger partial charge in [-0.25, -0.2) is 8.42 Å². The molecule has 0 radical (unpaired) electrons. The Hall–Kier alpha value is -3.57. The van der Waals surface area contributed by atoms with Crippen molar-refractivity contribution in [2.24, 2.45) is 5.73 Å². The average Bonchev–Trinajstić information content (AvgIpc) is 2.79. The fourth-order valence-electron chi connectivity index (χ4n) is 4.28. The summed E-state index contributed by atoms with van der Waals surface area (Å²) in [6.07, 6.45) is 0. The first-order valence-electron chi connectivity index (χ1n) is 10.0. The fourth-order valence-corrected chi connectivity index (χ4v) is 5.92. The van der Waals surface area contributed by atoms with Crippen LogP contribution in [0.1, 0.15) is 22.6 Å². The summed E-state index contributed by atoms with van der Waals surface area (Å²) in [6.45, 7) is 1.98. The van der Waals surface area contributed by atoms with E-state index in [9.17, 15) is 8.42 Å². The lowest BCUT2D eigenvalue weighted by molar-refractivity contribution is 0.399. The van der Waals surface area contributed by atoms with E-state index in [1.54, 1.807) is 30.3 Å². The smallest absolute Gasteiger partial charge is 0.208 e. The SMILES string of the molecule is Cc1ccccc1C1C(S(=O)(=O)c2ccccc2)=C(N)Oc2c1ccc1ccccc21. The van der Waals surface area contributed by atoms with E-state index in [1.807, 2.05) is 67.6 Å². The Morgan fingerprint density at radius 3 is 2.23 bits per heavy atom. The van der Waals surface area contributed by atoms with Crippen LogP contribution in [0.5, 0.6) is 5.75 Å². The van der Waals surface area contributed by atoms with Crippen LogP contribution >= 0.6 is 0 Å². The number of rotatable bonds is 3. The number of ether oxygens (including phenoxy) is 1. The van der Waals surface area contributed by atoms with E-state index in [-0.39, 0.29) is 15.7 Å². The third-order valence-electron chi connectivity index (χ3n) is 5.78. The average molecular weight is 428 g/mol. The maximum absolute atomic E-state index is 13.7. The first kappa shape index (κ1) is 19.4. The highest BCUT2D eigenvalue weighted by molar-refractivity contribution is 7.95. The quantitative estimate of drug-likeness (QED) is 0.483. The highest BCUT2D eigenvalue weighted by atomic mass is 32.2. The molecule has 1 aliphatic rings. The Morgan fingerprint density at radius 2 is 1.45 bits per heavy atom. The maximum Gasteiger partial charge on any atom is 0.208 e. The van der Waals surface area contributed by atoms with Crippen LogP contribution in [-0.4, -0.2) is 8.42 Å². The third kappa shape index (κ3) is 3.09. The molecule has 1 heterocycles. The van der Waals surface area contributed by atoms with Crippen LogP contribution in [0.2, 0.25) is 0 Å². The number of allylic oxidation sites excluding steroid dienone is 1. The van der Waals surface area contributed by atoms with Crippen molar-refractivity contribution in [3.05, 3.63) is 118 Å². The van der Waals surface area contributed by atoms with E-state index in [0.717, 1.165) is 27.5 Å². The van der Waals surface area contributed by atoms with E-state index in [4.69, 9.17) is 10.5 Å². The molecule has 5 rings (SSSR count). The second-order valence-corrected chi connectivity index (χ2v) is 9.56. The second kappa shape index (κ2) is 7.29. The largest absolute Gasteiger partial charge is 0.440 e. The zero-order chi connectivity index (χ0) is 21.6. The van der Waals surface area contributed by atoms with Crippen LogP contribution in [-0.2, 0) is 9.84 Å². The van der Waals surface area contributed by atoms with Crippen molar-refractivity contribution in [3.8, 4) is 5.75 Å². The molecule has 0 bridgehead atoms. The first-order valence-corrected chi connectivity index (χ1v) is 11.5. The van der Waals surface area contributed by atoms with Gasteiger partial charge in [-0.15, -0.1) is 0 Å². The van der Waals surface area contributed by atoms with Gasteiger partial charge in [-0.2, -0.15) is 0 Å². The Labute approximate surface area is 181 Å². The normalized spacial score (nSPS) is 16.1. The first-order chi connectivity index (χ1) is 15.0. The molecule has 154 valence electrons. The molecule has 0 saturated heterocycles. The van der Waals surface area contributed by atoms with Crippen molar-refractivity contribution < 1.29 is 13.2 Å². The molecule has 0 saturated carbocycles. The minimum Gasteiger partial charge on any atom is -0.440 e. The molecule has 31 heavy (non-hydrogen) atoms. The van der Waals surface area contributed by atoms with Crippen LogP contribution in [0, 0.1) is 6.92 Å². The van der Waals surface area contributed by atoms with Crippen molar-refractivity contribution in [2.75, 3.05) is 0 Å². The Balaban J connectivity index is 1.84. The number of sulfone groups is 1. The van der Waals surface area contributed by atoms with Crippen molar-refractivity contribution in [1.82, 2.24) is 0 Å². The van der Waals surface area contributed by atoms with Gasteiger partial charge in [-0.3, -0.25) is 0 Å². The van der Waals surface area contributed by atoms with Gasteiger partial charge in [-0.1, -0.05) is 78.9 Å². The van der Waals surface area contributed by atoms with Crippen LogP contribution < -0.4 is 10.5 Å². The summed E-state index contributed by atoms with van der Waals surface area (Å²) in [6, 6.07) is 28.0. The molecule has 5 heteroatoms. The van der Waals surface area contributed by atoms with Gasteiger partial charge >= 0.3 is 0 Å². The summed E-state index contributed by atoms with van der Waals surface area (Å²) < 4.78 is 33.5. The monoisotopic (exact) mass is 427 g/mol. The summed E-state index contributed by atoms with van der Waals surface area (Å²) in [7, 11) is -3.89. The minimum atomic E-state index is -3.89. The fraction of sp³-hybridized carbons (Fsp3) is 0.0769. The molecule has 4 aromatic carbocycles. The predicted molar refractivity (Wildman–Crippen MR) is 122 cm³/mol. The van der Waals surface area contributed by atoms with Crippen LogP contribution in [0.15, 0.2) is 107 Å². The molecule has 1 unspecified atom stereocenters. The van der Waals surface area contributed by atoms with E-state index in [0.29, 0.717) is 5.75 Å². The van der Waals surface area contributed by atoms with E-state index in [1.165, 1.54) is 0 Å².